The van der Waals surface area contributed by atoms with E-state index in [2.05, 4.69) is 4.52 Å². The van der Waals surface area contributed by atoms with E-state index in [0.717, 1.165) is 6.20 Å². The van der Waals surface area contributed by atoms with Crippen LogP contribution in [0.1, 0.15) is 13.2 Å². The Balaban J connectivity index is 2.36. The van der Waals surface area contributed by atoms with E-state index in [9.17, 15) is 29.4 Å². The molecule has 0 aliphatic carbocycles. The summed E-state index contributed by atoms with van der Waals surface area (Å²) in [5.74, 6) is -0.326. The number of hydrogen-bond acceptors (Lipinski definition) is 9. The van der Waals surface area contributed by atoms with Crippen LogP contribution in [0.2, 0.25) is 0 Å². The zero-order chi connectivity index (χ0) is 21.1. The number of aromatic nitrogens is 2. The van der Waals surface area contributed by atoms with Crippen molar-refractivity contribution in [2.24, 2.45) is 0 Å². The minimum absolute atomic E-state index is 0.0106. The number of aliphatic hydroxyl groups is 1. The molecule has 4 atom stereocenters. The van der Waals surface area contributed by atoms with Gasteiger partial charge in [0.05, 0.1) is 12.8 Å². The van der Waals surface area contributed by atoms with Crippen molar-refractivity contribution in [3.05, 3.63) is 49.3 Å². The van der Waals surface area contributed by atoms with Gasteiger partial charge in [0, 0.05) is 4.92 Å². The summed E-state index contributed by atoms with van der Waals surface area (Å²) in [7, 11) is -4.92. The molecule has 1 saturated heterocycles. The van der Waals surface area contributed by atoms with E-state index < -0.39 is 55.1 Å². The molecule has 0 saturated carbocycles. The lowest BCUT2D eigenvalue weighted by molar-refractivity contribution is -0.541. The molecule has 2 heterocycles. The first-order valence-electron chi connectivity index (χ1n) is 7.81. The Hall–Kier alpha value is -2.35. The van der Waals surface area contributed by atoms with Gasteiger partial charge in [0.1, 0.15) is 12.7 Å². The maximum Gasteiger partial charge on any atom is 0.469 e. The molecule has 4 N–H and O–H groups in total. The number of phosphoric acid groups is 1. The van der Waals surface area contributed by atoms with E-state index in [4.69, 9.17) is 19.3 Å². The summed E-state index contributed by atoms with van der Waals surface area (Å²) in [6.45, 7) is 0.835. The van der Waals surface area contributed by atoms with Crippen molar-refractivity contribution < 1.29 is 38.4 Å². The summed E-state index contributed by atoms with van der Waals surface area (Å²) >= 11 is 0. The molecule has 1 aromatic heterocycles. The standard InChI is InChI=1S/C13H18N3O11P/c1-2-3-4-25-7-5-15(13(19)14-11(7)18)12-9(16(20)21)10(17)8(27-12)6-26-28(22,23)24/h2-3,5,8-10,12,17H,4,6H2,1H3,(H,14,18,19)(H2,22,23,24)/b3-2+. The average Bonchev–Trinajstić information content (AvgIpc) is 2.91. The van der Waals surface area contributed by atoms with Gasteiger partial charge in [0.25, 0.3) is 11.6 Å². The Morgan fingerprint density at radius 3 is 2.71 bits per heavy atom. The fraction of sp³-hybridized carbons (Fsp3) is 0.538. The smallest absolute Gasteiger partial charge is 0.469 e. The van der Waals surface area contributed by atoms with Crippen LogP contribution < -0.4 is 16.0 Å². The van der Waals surface area contributed by atoms with E-state index in [-0.39, 0.29) is 12.4 Å². The maximum atomic E-state index is 12.1. The first kappa shape index (κ1) is 21.9. The summed E-state index contributed by atoms with van der Waals surface area (Å²) in [6.07, 6.45) is -0.944. The molecule has 1 aromatic rings. The van der Waals surface area contributed by atoms with Crippen LogP contribution in [0.3, 0.4) is 0 Å². The van der Waals surface area contributed by atoms with Crippen LogP contribution in [0.5, 0.6) is 5.75 Å². The molecule has 28 heavy (non-hydrogen) atoms. The van der Waals surface area contributed by atoms with Gasteiger partial charge in [-0.25, -0.2) is 9.36 Å². The minimum atomic E-state index is -4.92. The molecule has 2 rings (SSSR count). The van der Waals surface area contributed by atoms with E-state index in [1.807, 2.05) is 4.98 Å². The number of ether oxygens (including phenoxy) is 2. The summed E-state index contributed by atoms with van der Waals surface area (Å²) in [6, 6.07) is -1.88. The highest BCUT2D eigenvalue weighted by Gasteiger charge is 2.53. The molecule has 0 bridgehead atoms. The highest BCUT2D eigenvalue weighted by molar-refractivity contribution is 7.46. The van der Waals surface area contributed by atoms with Crippen LogP contribution in [-0.2, 0) is 13.8 Å². The number of H-pyrrole nitrogens is 1. The fourth-order valence-electron chi connectivity index (χ4n) is 2.49. The highest BCUT2D eigenvalue weighted by Crippen LogP contribution is 2.38. The Bertz CT molecular complexity index is 904. The van der Waals surface area contributed by atoms with Crippen molar-refractivity contribution in [3.63, 3.8) is 0 Å². The Labute approximate surface area is 156 Å². The van der Waals surface area contributed by atoms with Crippen LogP contribution >= 0.6 is 7.82 Å². The van der Waals surface area contributed by atoms with Crippen molar-refractivity contribution in [3.8, 4) is 5.75 Å². The number of nitrogens with one attached hydrogen (secondary N) is 1. The van der Waals surface area contributed by atoms with Gasteiger partial charge in [-0.1, -0.05) is 12.2 Å². The lowest BCUT2D eigenvalue weighted by atomic mass is 10.1. The third kappa shape index (κ3) is 5.13. The summed E-state index contributed by atoms with van der Waals surface area (Å²) < 4.78 is 26.1. The van der Waals surface area contributed by atoms with Crippen molar-refractivity contribution in [2.75, 3.05) is 13.2 Å². The lowest BCUT2D eigenvalue weighted by Gasteiger charge is -2.16. The number of aromatic amines is 1. The summed E-state index contributed by atoms with van der Waals surface area (Å²) in [5.41, 5.74) is -1.94. The Morgan fingerprint density at radius 2 is 2.14 bits per heavy atom. The van der Waals surface area contributed by atoms with Crippen LogP contribution in [-0.4, -0.2) is 60.8 Å². The average molecular weight is 423 g/mol. The van der Waals surface area contributed by atoms with E-state index in [1.165, 1.54) is 0 Å². The first-order valence-corrected chi connectivity index (χ1v) is 9.34. The molecule has 1 aliphatic heterocycles. The van der Waals surface area contributed by atoms with Crippen LogP contribution in [0, 0.1) is 10.1 Å². The van der Waals surface area contributed by atoms with Gasteiger partial charge in [0.2, 0.25) is 12.0 Å². The zero-order valence-electron chi connectivity index (χ0n) is 14.4. The molecule has 1 aliphatic rings. The molecule has 1 fully saturated rings. The number of aliphatic hydroxyl groups excluding tert-OH is 1. The molecule has 15 heteroatoms. The number of nitrogens with zero attached hydrogens (tertiary/aromatic N) is 2. The molecule has 0 radical (unpaired) electrons. The molecular formula is C13H18N3O11P. The van der Waals surface area contributed by atoms with Gasteiger partial charge >= 0.3 is 13.5 Å². The quantitative estimate of drug-likeness (QED) is 0.164. The Kier molecular flexibility index (Phi) is 6.87. The topological polar surface area (TPSA) is 203 Å². The number of hydrogen-bond donors (Lipinski definition) is 4. The summed E-state index contributed by atoms with van der Waals surface area (Å²) in [4.78, 5) is 53.8. The maximum absolute atomic E-state index is 12.1. The van der Waals surface area contributed by atoms with Crippen LogP contribution in [0.4, 0.5) is 0 Å². The van der Waals surface area contributed by atoms with Gasteiger partial charge < -0.3 is 24.4 Å². The second kappa shape index (κ2) is 8.77. The predicted octanol–water partition coefficient (Wildman–Crippen LogP) is -1.50. The molecule has 14 nitrogen and oxygen atoms in total. The molecule has 156 valence electrons. The number of rotatable bonds is 8. The van der Waals surface area contributed by atoms with Crippen LogP contribution in [0.15, 0.2) is 27.9 Å². The van der Waals surface area contributed by atoms with E-state index in [1.54, 1.807) is 19.1 Å². The van der Waals surface area contributed by atoms with Gasteiger partial charge in [0.15, 0.2) is 6.10 Å². The third-order valence-electron chi connectivity index (χ3n) is 3.77. The normalized spacial score (nSPS) is 25.3. The van der Waals surface area contributed by atoms with Crippen molar-refractivity contribution in [2.45, 2.75) is 31.4 Å². The Morgan fingerprint density at radius 1 is 1.46 bits per heavy atom. The second-order valence-corrected chi connectivity index (χ2v) is 6.90. The van der Waals surface area contributed by atoms with Crippen LogP contribution in [0.25, 0.3) is 0 Å². The third-order valence-corrected chi connectivity index (χ3v) is 4.25. The molecule has 0 amide bonds. The molecular weight excluding hydrogens is 405 g/mol. The number of phosphoric ester groups is 1. The van der Waals surface area contributed by atoms with Crippen molar-refractivity contribution in [1.29, 1.82) is 0 Å². The number of allylic oxidation sites excluding steroid dienone is 1. The first-order chi connectivity index (χ1) is 13.0. The van der Waals surface area contributed by atoms with Gasteiger partial charge in [-0.2, -0.15) is 0 Å². The molecule has 4 unspecified atom stereocenters. The summed E-state index contributed by atoms with van der Waals surface area (Å²) in [5, 5.41) is 21.5. The highest BCUT2D eigenvalue weighted by atomic mass is 31.2. The SMILES string of the molecule is C/C=C/COc1cn(C2OC(COP(=O)(O)O)C(O)C2[N+](=O)[O-])c(=O)[nH]c1=O. The van der Waals surface area contributed by atoms with Gasteiger partial charge in [-0.15, -0.1) is 0 Å². The molecule has 0 aromatic carbocycles. The van der Waals surface area contributed by atoms with Crippen molar-refractivity contribution in [1.82, 2.24) is 9.55 Å². The largest absolute Gasteiger partial charge is 0.482 e. The zero-order valence-corrected chi connectivity index (χ0v) is 15.3. The van der Waals surface area contributed by atoms with Crippen molar-refractivity contribution >= 4 is 7.82 Å². The van der Waals surface area contributed by atoms with Gasteiger partial charge in [-0.05, 0) is 6.92 Å². The van der Waals surface area contributed by atoms with E-state index >= 15 is 0 Å². The van der Waals surface area contributed by atoms with E-state index in [0.29, 0.717) is 4.57 Å². The predicted molar refractivity (Wildman–Crippen MR) is 90.3 cm³/mol. The monoisotopic (exact) mass is 423 g/mol. The lowest BCUT2D eigenvalue weighted by Crippen LogP contribution is -2.42. The molecule has 0 spiro atoms. The second-order valence-electron chi connectivity index (χ2n) is 5.66. The van der Waals surface area contributed by atoms with Gasteiger partial charge in [-0.3, -0.25) is 29.0 Å². The minimum Gasteiger partial charge on any atom is -0.482 e. The number of nitro groups is 1. The fourth-order valence-corrected chi connectivity index (χ4v) is 2.83.